The molecule has 6 nitrogen and oxygen atoms in total. The summed E-state index contributed by atoms with van der Waals surface area (Å²) in [5.41, 5.74) is 3.59. The average molecular weight is 462 g/mol. The van der Waals surface area contributed by atoms with Crippen LogP contribution in [0.15, 0.2) is 42.6 Å². The van der Waals surface area contributed by atoms with Crippen molar-refractivity contribution in [2.45, 2.75) is 55.8 Å². The van der Waals surface area contributed by atoms with Crippen molar-refractivity contribution in [3.8, 4) is 0 Å². The van der Waals surface area contributed by atoms with Gasteiger partial charge in [-0.25, -0.2) is 4.39 Å². The summed E-state index contributed by atoms with van der Waals surface area (Å²) in [4.78, 5) is 0. The van der Waals surface area contributed by atoms with Gasteiger partial charge in [0.15, 0.2) is 6.23 Å². The van der Waals surface area contributed by atoms with E-state index in [2.05, 4.69) is 24.3 Å². The zero-order valence-electron chi connectivity index (χ0n) is 17.2. The Labute approximate surface area is 189 Å². The second-order valence-corrected chi connectivity index (χ2v) is 9.16. The molecule has 170 valence electrons. The van der Waals surface area contributed by atoms with Crippen LogP contribution in [-0.4, -0.2) is 56.0 Å². The minimum Gasteiger partial charge on any atom is -0.394 e. The molecule has 3 aromatic rings. The van der Waals surface area contributed by atoms with Crippen molar-refractivity contribution in [1.29, 1.82) is 0 Å². The maximum absolute atomic E-state index is 14.3. The molecule has 0 radical (unpaired) electrons. The van der Waals surface area contributed by atoms with Crippen molar-refractivity contribution in [1.82, 2.24) is 4.57 Å². The number of fused-ring (bicyclic) bond motifs is 1. The molecular weight excluding hydrogens is 437 g/mol. The third-order valence-corrected chi connectivity index (χ3v) is 6.79. The number of benzene rings is 2. The van der Waals surface area contributed by atoms with E-state index in [1.54, 1.807) is 6.20 Å². The van der Waals surface area contributed by atoms with Gasteiger partial charge in [-0.05, 0) is 54.0 Å². The van der Waals surface area contributed by atoms with Crippen LogP contribution in [0.2, 0.25) is 5.02 Å². The van der Waals surface area contributed by atoms with Crippen LogP contribution in [0.5, 0.6) is 0 Å². The van der Waals surface area contributed by atoms with Crippen LogP contribution in [0.1, 0.15) is 41.7 Å². The molecule has 32 heavy (non-hydrogen) atoms. The highest BCUT2D eigenvalue weighted by Crippen LogP contribution is 2.40. The Morgan fingerprint density at radius 1 is 1.03 bits per heavy atom. The zero-order chi connectivity index (χ0) is 22.6. The summed E-state index contributed by atoms with van der Waals surface area (Å²) >= 11 is 6.42. The van der Waals surface area contributed by atoms with Crippen LogP contribution < -0.4 is 0 Å². The molecule has 1 unspecified atom stereocenters. The Morgan fingerprint density at radius 2 is 1.75 bits per heavy atom. The van der Waals surface area contributed by atoms with Gasteiger partial charge in [-0.3, -0.25) is 0 Å². The lowest BCUT2D eigenvalue weighted by Gasteiger charge is -2.40. The number of ether oxygens (including phenoxy) is 1. The minimum atomic E-state index is -1.54. The van der Waals surface area contributed by atoms with E-state index in [1.165, 1.54) is 35.1 Å². The highest BCUT2D eigenvalue weighted by molar-refractivity contribution is 6.35. The first-order chi connectivity index (χ1) is 15.4. The normalized spacial score (nSPS) is 28.4. The SMILES string of the molecule is OC[C@H]1OC(n2cc(Cc3ccc(C4CC4)cc3)c3c(Cl)cc(F)cc32)[C@H](O)[C@@H](O)[C@@H]1O. The molecule has 8 heteroatoms. The molecule has 1 saturated carbocycles. The summed E-state index contributed by atoms with van der Waals surface area (Å²) in [6.07, 6.45) is -2.01. The van der Waals surface area contributed by atoms with Gasteiger partial charge in [-0.2, -0.15) is 0 Å². The molecule has 2 aliphatic rings. The number of rotatable bonds is 5. The lowest BCUT2D eigenvalue weighted by Crippen LogP contribution is -2.56. The van der Waals surface area contributed by atoms with E-state index in [0.29, 0.717) is 23.2 Å². The fourth-order valence-corrected chi connectivity index (χ4v) is 4.91. The number of aromatic nitrogens is 1. The Bertz CT molecular complexity index is 1130. The summed E-state index contributed by atoms with van der Waals surface area (Å²) < 4.78 is 21.5. The van der Waals surface area contributed by atoms with Gasteiger partial charge in [0, 0.05) is 11.6 Å². The van der Waals surface area contributed by atoms with E-state index < -0.39 is 43.1 Å². The Morgan fingerprint density at radius 3 is 2.41 bits per heavy atom. The molecule has 2 heterocycles. The zero-order valence-corrected chi connectivity index (χ0v) is 18.0. The molecule has 0 spiro atoms. The number of halogens is 2. The number of aliphatic hydroxyl groups excluding tert-OH is 4. The monoisotopic (exact) mass is 461 g/mol. The van der Waals surface area contributed by atoms with Crippen LogP contribution >= 0.6 is 11.6 Å². The van der Waals surface area contributed by atoms with Crippen molar-refractivity contribution >= 4 is 22.5 Å². The van der Waals surface area contributed by atoms with Crippen molar-refractivity contribution in [2.75, 3.05) is 6.61 Å². The van der Waals surface area contributed by atoms with E-state index in [9.17, 15) is 24.8 Å². The van der Waals surface area contributed by atoms with E-state index in [0.717, 1.165) is 11.1 Å². The molecule has 2 fully saturated rings. The number of nitrogens with zero attached hydrogens (tertiary/aromatic N) is 1. The number of hydrogen-bond acceptors (Lipinski definition) is 5. The van der Waals surface area contributed by atoms with Crippen molar-refractivity contribution in [2.24, 2.45) is 0 Å². The predicted molar refractivity (Wildman–Crippen MR) is 117 cm³/mol. The Hall–Kier alpha value is -2.00. The molecular formula is C24H25ClFNO5. The lowest BCUT2D eigenvalue weighted by atomic mass is 9.98. The van der Waals surface area contributed by atoms with E-state index in [-0.39, 0.29) is 5.02 Å². The van der Waals surface area contributed by atoms with E-state index >= 15 is 0 Å². The first kappa shape index (κ1) is 21.8. The molecule has 1 aliphatic heterocycles. The highest BCUT2D eigenvalue weighted by atomic mass is 35.5. The first-order valence-corrected chi connectivity index (χ1v) is 11.1. The molecule has 1 saturated heterocycles. The standard InChI is InChI=1S/C24H25ClFNO5/c25-17-8-16(26)9-18-20(17)15(7-12-1-3-13(4-2-12)14-5-6-14)10-27(18)24-23(31)22(30)21(29)19(11-28)32-24/h1-4,8-10,14,19,21-24,28-31H,5-7,11H2/t19-,21-,22+,23-,24?/m1/s1. The molecule has 1 aromatic heterocycles. The number of hydrogen-bond donors (Lipinski definition) is 4. The number of aliphatic hydroxyl groups is 4. The molecule has 5 atom stereocenters. The quantitative estimate of drug-likeness (QED) is 0.468. The fraction of sp³-hybridized carbons (Fsp3) is 0.417. The van der Waals surface area contributed by atoms with E-state index in [1.807, 2.05) is 0 Å². The maximum Gasteiger partial charge on any atom is 0.163 e. The summed E-state index contributed by atoms with van der Waals surface area (Å²) in [6.45, 7) is -0.546. The third kappa shape index (κ3) is 3.83. The van der Waals surface area contributed by atoms with Crippen molar-refractivity contribution < 1.29 is 29.6 Å². The molecule has 0 amide bonds. The first-order valence-electron chi connectivity index (χ1n) is 10.7. The smallest absolute Gasteiger partial charge is 0.163 e. The molecule has 5 rings (SSSR count). The van der Waals surface area contributed by atoms with Gasteiger partial charge in [0.05, 0.1) is 17.1 Å². The molecule has 1 aliphatic carbocycles. The van der Waals surface area contributed by atoms with Gasteiger partial charge >= 0.3 is 0 Å². The van der Waals surface area contributed by atoms with Crippen LogP contribution in [0.3, 0.4) is 0 Å². The average Bonchev–Trinajstić information content (AvgIpc) is 3.56. The van der Waals surface area contributed by atoms with Crippen molar-refractivity contribution in [3.05, 3.63) is 70.1 Å². The summed E-state index contributed by atoms with van der Waals surface area (Å²) in [5.74, 6) is 0.112. The van der Waals surface area contributed by atoms with Crippen molar-refractivity contribution in [3.63, 3.8) is 0 Å². The molecule has 0 bridgehead atoms. The second kappa shape index (κ2) is 8.41. The van der Waals surface area contributed by atoms with Gasteiger partial charge < -0.3 is 29.7 Å². The third-order valence-electron chi connectivity index (χ3n) is 6.49. The van der Waals surface area contributed by atoms with E-state index in [4.69, 9.17) is 16.3 Å². The van der Waals surface area contributed by atoms with Gasteiger partial charge in [0.25, 0.3) is 0 Å². The Balaban J connectivity index is 1.56. The molecule has 4 N–H and O–H groups in total. The summed E-state index contributed by atoms with van der Waals surface area (Å²) in [5, 5.41) is 41.3. The lowest BCUT2D eigenvalue weighted by molar-refractivity contribution is -0.250. The topological polar surface area (TPSA) is 95.1 Å². The fourth-order valence-electron chi connectivity index (χ4n) is 4.58. The predicted octanol–water partition coefficient (Wildman–Crippen LogP) is 2.87. The second-order valence-electron chi connectivity index (χ2n) is 8.76. The highest BCUT2D eigenvalue weighted by Gasteiger charge is 2.44. The van der Waals surface area contributed by atoms with Gasteiger partial charge in [-0.1, -0.05) is 35.9 Å². The van der Waals surface area contributed by atoms with Crippen LogP contribution in [0.4, 0.5) is 4.39 Å². The summed E-state index contributed by atoms with van der Waals surface area (Å²) in [7, 11) is 0. The van der Waals surface area contributed by atoms with Gasteiger partial charge in [-0.15, -0.1) is 0 Å². The van der Waals surface area contributed by atoms with Crippen LogP contribution in [-0.2, 0) is 11.2 Å². The van der Waals surface area contributed by atoms with Crippen LogP contribution in [0.25, 0.3) is 10.9 Å². The largest absolute Gasteiger partial charge is 0.394 e. The maximum atomic E-state index is 14.3. The summed E-state index contributed by atoms with van der Waals surface area (Å²) in [6, 6.07) is 10.9. The minimum absolute atomic E-state index is 0.230. The van der Waals surface area contributed by atoms with Gasteiger partial charge in [0.1, 0.15) is 30.2 Å². The molecule has 2 aromatic carbocycles. The van der Waals surface area contributed by atoms with Gasteiger partial charge in [0.2, 0.25) is 0 Å². The van der Waals surface area contributed by atoms with Crippen LogP contribution in [0, 0.1) is 5.82 Å². The Kier molecular flexibility index (Phi) is 5.73.